The second kappa shape index (κ2) is 12.4. The van der Waals surface area contributed by atoms with Gasteiger partial charge in [0.1, 0.15) is 0 Å². The third-order valence-electron chi connectivity index (χ3n) is 10.0. The number of rotatable bonds is 6. The van der Waals surface area contributed by atoms with E-state index < -0.39 is 0 Å². The summed E-state index contributed by atoms with van der Waals surface area (Å²) in [5.41, 5.74) is 12.4. The van der Waals surface area contributed by atoms with Gasteiger partial charge in [-0.25, -0.2) is 0 Å². The number of thiophene rings is 1. The molecule has 49 heavy (non-hydrogen) atoms. The number of nitrogens with zero attached hydrogens (tertiary/aromatic N) is 1. The predicted molar refractivity (Wildman–Crippen MR) is 214 cm³/mol. The number of fused-ring (bicyclic) bond motifs is 4. The predicted octanol–water partition coefficient (Wildman–Crippen LogP) is 14.1. The van der Waals surface area contributed by atoms with Crippen molar-refractivity contribution in [3.05, 3.63) is 169 Å². The lowest BCUT2D eigenvalue weighted by atomic mass is 9.94. The molecule has 2 unspecified atom stereocenters. The van der Waals surface area contributed by atoms with E-state index >= 15 is 0 Å². The van der Waals surface area contributed by atoms with E-state index in [1.807, 2.05) is 23.1 Å². The van der Waals surface area contributed by atoms with Gasteiger partial charge in [-0.1, -0.05) is 123 Å². The van der Waals surface area contributed by atoms with Crippen LogP contribution in [0.1, 0.15) is 25.3 Å². The average Bonchev–Trinajstić information content (AvgIpc) is 3.68. The Kier molecular flexibility index (Phi) is 7.60. The SMILES string of the molecule is CC1Sc2c(-c3ccc(N(c4ccc(-c5ccccc5)cc4)c4ccc(-c5ccc6sc7ccccc7c6c5)cc4)cc3)cccc2C1C. The van der Waals surface area contributed by atoms with Gasteiger partial charge in [0.2, 0.25) is 0 Å². The van der Waals surface area contributed by atoms with Crippen molar-refractivity contribution in [2.24, 2.45) is 0 Å². The van der Waals surface area contributed by atoms with Crippen LogP contribution in [0, 0.1) is 0 Å². The van der Waals surface area contributed by atoms with Crippen LogP contribution in [0.25, 0.3) is 53.6 Å². The number of hydrogen-bond donors (Lipinski definition) is 0. The molecule has 2 atom stereocenters. The normalized spacial score (nSPS) is 15.5. The minimum atomic E-state index is 0.572. The zero-order valence-electron chi connectivity index (χ0n) is 27.5. The summed E-state index contributed by atoms with van der Waals surface area (Å²) in [5.74, 6) is 0.572. The van der Waals surface area contributed by atoms with E-state index in [1.54, 1.807) is 0 Å². The van der Waals surface area contributed by atoms with Crippen LogP contribution in [0.15, 0.2) is 169 Å². The molecule has 0 spiro atoms. The lowest BCUT2D eigenvalue weighted by Gasteiger charge is -2.26. The maximum absolute atomic E-state index is 2.37. The Morgan fingerprint density at radius 2 is 1.00 bits per heavy atom. The molecule has 0 aliphatic carbocycles. The molecule has 1 nitrogen and oxygen atoms in total. The highest BCUT2D eigenvalue weighted by molar-refractivity contribution is 8.00. The Morgan fingerprint density at radius 1 is 0.449 bits per heavy atom. The highest BCUT2D eigenvalue weighted by Crippen LogP contribution is 2.49. The van der Waals surface area contributed by atoms with Crippen LogP contribution in [0.2, 0.25) is 0 Å². The van der Waals surface area contributed by atoms with Gasteiger partial charge < -0.3 is 4.90 Å². The molecule has 0 bridgehead atoms. The average molecular weight is 666 g/mol. The van der Waals surface area contributed by atoms with E-state index in [2.05, 4.69) is 183 Å². The minimum absolute atomic E-state index is 0.572. The number of anilines is 3. The lowest BCUT2D eigenvalue weighted by Crippen LogP contribution is -2.09. The molecule has 1 aliphatic heterocycles. The quantitative estimate of drug-likeness (QED) is 0.174. The van der Waals surface area contributed by atoms with Gasteiger partial charge in [0.05, 0.1) is 0 Å². The maximum Gasteiger partial charge on any atom is 0.0462 e. The number of hydrogen-bond acceptors (Lipinski definition) is 3. The Hall–Kier alpha value is -5.09. The molecule has 2 heterocycles. The first kappa shape index (κ1) is 30.0. The third-order valence-corrected chi connectivity index (χ3v) is 12.7. The molecule has 0 fully saturated rings. The Labute approximate surface area is 296 Å². The summed E-state index contributed by atoms with van der Waals surface area (Å²) in [6, 6.07) is 60.1. The lowest BCUT2D eigenvalue weighted by molar-refractivity contribution is 0.762. The van der Waals surface area contributed by atoms with E-state index in [-0.39, 0.29) is 0 Å². The maximum atomic E-state index is 2.37. The van der Waals surface area contributed by atoms with Gasteiger partial charge in [-0.2, -0.15) is 0 Å². The van der Waals surface area contributed by atoms with Crippen LogP contribution in [0.3, 0.4) is 0 Å². The first-order valence-corrected chi connectivity index (χ1v) is 18.7. The van der Waals surface area contributed by atoms with Crippen molar-refractivity contribution in [3.8, 4) is 33.4 Å². The third kappa shape index (κ3) is 5.44. The molecule has 3 heteroatoms. The van der Waals surface area contributed by atoms with Crippen LogP contribution in [-0.2, 0) is 0 Å². The summed E-state index contributed by atoms with van der Waals surface area (Å²) >= 11 is 3.88. The smallest absolute Gasteiger partial charge is 0.0462 e. The van der Waals surface area contributed by atoms with Crippen molar-refractivity contribution in [2.45, 2.75) is 29.9 Å². The monoisotopic (exact) mass is 665 g/mol. The largest absolute Gasteiger partial charge is 0.311 e. The second-order valence-corrected chi connectivity index (χ2v) is 15.5. The molecule has 1 aromatic heterocycles. The Balaban J connectivity index is 1.09. The van der Waals surface area contributed by atoms with Gasteiger partial charge in [0, 0.05) is 47.4 Å². The summed E-state index contributed by atoms with van der Waals surface area (Å²) in [6.45, 7) is 4.70. The van der Waals surface area contributed by atoms with Crippen LogP contribution in [0.5, 0.6) is 0 Å². The molecule has 1 aliphatic rings. The van der Waals surface area contributed by atoms with Crippen LogP contribution < -0.4 is 4.90 Å². The summed E-state index contributed by atoms with van der Waals surface area (Å²) < 4.78 is 2.67. The van der Waals surface area contributed by atoms with E-state index in [0.29, 0.717) is 11.2 Å². The van der Waals surface area contributed by atoms with Gasteiger partial charge in [-0.15, -0.1) is 23.1 Å². The standard InChI is InChI=1S/C46H35NS2/c1-30-31(2)48-46-40(30)12-8-13-41(46)35-19-26-39(27-20-35)47(37-22-15-33(16-23-37)32-9-4-3-5-10-32)38-24-17-34(18-25-38)36-21-28-45-43(29-36)42-11-6-7-14-44(42)49-45/h3-31H,1-2H3. The summed E-state index contributed by atoms with van der Waals surface area (Å²) in [7, 11) is 0. The van der Waals surface area contributed by atoms with Gasteiger partial charge in [0.15, 0.2) is 0 Å². The summed E-state index contributed by atoms with van der Waals surface area (Å²) in [6.07, 6.45) is 0. The van der Waals surface area contributed by atoms with E-state index in [4.69, 9.17) is 0 Å². The van der Waals surface area contributed by atoms with Gasteiger partial charge in [0.25, 0.3) is 0 Å². The molecule has 236 valence electrons. The Bertz CT molecular complexity index is 2420. The molecule has 9 rings (SSSR count). The molecule has 0 saturated carbocycles. The molecule has 0 amide bonds. The molecular formula is C46H35NS2. The van der Waals surface area contributed by atoms with Crippen molar-refractivity contribution in [3.63, 3.8) is 0 Å². The van der Waals surface area contributed by atoms with Crippen LogP contribution in [0.4, 0.5) is 17.1 Å². The molecule has 7 aromatic carbocycles. The highest BCUT2D eigenvalue weighted by atomic mass is 32.2. The summed E-state index contributed by atoms with van der Waals surface area (Å²) in [4.78, 5) is 3.81. The highest BCUT2D eigenvalue weighted by Gasteiger charge is 2.28. The Morgan fingerprint density at radius 3 is 1.69 bits per heavy atom. The zero-order chi connectivity index (χ0) is 32.9. The molecular weight excluding hydrogens is 631 g/mol. The van der Waals surface area contributed by atoms with E-state index in [1.165, 1.54) is 64.0 Å². The molecule has 0 N–H and O–H groups in total. The fraction of sp³-hybridized carbons (Fsp3) is 0.0870. The molecule has 0 saturated heterocycles. The van der Waals surface area contributed by atoms with Crippen molar-refractivity contribution in [1.82, 2.24) is 0 Å². The minimum Gasteiger partial charge on any atom is -0.311 e. The summed E-state index contributed by atoms with van der Waals surface area (Å²) in [5, 5.41) is 3.26. The number of benzene rings is 7. The van der Waals surface area contributed by atoms with Crippen molar-refractivity contribution < 1.29 is 0 Å². The van der Waals surface area contributed by atoms with Gasteiger partial charge in [-0.05, 0) is 99.5 Å². The van der Waals surface area contributed by atoms with Crippen molar-refractivity contribution in [1.29, 1.82) is 0 Å². The fourth-order valence-corrected chi connectivity index (χ4v) is 9.70. The fourth-order valence-electron chi connectivity index (χ4n) is 7.19. The molecule has 8 aromatic rings. The topological polar surface area (TPSA) is 3.24 Å². The van der Waals surface area contributed by atoms with Gasteiger partial charge >= 0.3 is 0 Å². The van der Waals surface area contributed by atoms with E-state index in [9.17, 15) is 0 Å². The number of thioether (sulfide) groups is 1. The van der Waals surface area contributed by atoms with Gasteiger partial charge in [-0.3, -0.25) is 0 Å². The van der Waals surface area contributed by atoms with Crippen LogP contribution >= 0.6 is 23.1 Å². The second-order valence-electron chi connectivity index (χ2n) is 13.0. The van der Waals surface area contributed by atoms with Crippen molar-refractivity contribution >= 4 is 60.3 Å². The molecule has 0 radical (unpaired) electrons. The first-order chi connectivity index (χ1) is 24.1. The van der Waals surface area contributed by atoms with E-state index in [0.717, 1.165) is 17.1 Å². The first-order valence-electron chi connectivity index (χ1n) is 17.0. The van der Waals surface area contributed by atoms with Crippen molar-refractivity contribution in [2.75, 3.05) is 4.90 Å². The zero-order valence-corrected chi connectivity index (χ0v) is 29.1. The van der Waals surface area contributed by atoms with Crippen LogP contribution in [-0.4, -0.2) is 5.25 Å².